The number of nitrogens with zero attached hydrogens (tertiary/aromatic N) is 6. The summed E-state index contributed by atoms with van der Waals surface area (Å²) in [5.74, 6) is 0.797. The number of hydrogen-bond acceptors (Lipinski definition) is 7. The Hall–Kier alpha value is -2.75. The Labute approximate surface area is 230 Å². The van der Waals surface area contributed by atoms with Gasteiger partial charge < -0.3 is 19.6 Å². The molecule has 0 unspecified atom stereocenters. The highest BCUT2D eigenvalue weighted by Gasteiger charge is 2.24. The van der Waals surface area contributed by atoms with Crippen LogP contribution in [0.1, 0.15) is 0 Å². The molecule has 0 spiro atoms. The lowest BCUT2D eigenvalue weighted by Crippen LogP contribution is -2.49. The molecule has 2 aliphatic rings. The third kappa shape index (κ3) is 6.22. The summed E-state index contributed by atoms with van der Waals surface area (Å²) in [4.78, 5) is 30.1. The van der Waals surface area contributed by atoms with Gasteiger partial charge in [0.2, 0.25) is 5.91 Å². The molecule has 0 bridgehead atoms. The first-order valence-electron chi connectivity index (χ1n) is 12.2. The van der Waals surface area contributed by atoms with E-state index in [0.29, 0.717) is 55.3 Å². The lowest BCUT2D eigenvalue weighted by Gasteiger charge is -2.37. The van der Waals surface area contributed by atoms with Crippen LogP contribution in [0.25, 0.3) is 0 Å². The summed E-state index contributed by atoms with van der Waals surface area (Å²) in [5, 5.41) is 1.53. The third-order valence-corrected chi connectivity index (χ3v) is 7.95. The number of piperazine rings is 2. The average Bonchev–Trinajstić information content (AvgIpc) is 2.92. The van der Waals surface area contributed by atoms with Crippen molar-refractivity contribution >= 4 is 58.1 Å². The van der Waals surface area contributed by atoms with Gasteiger partial charge in [-0.05, 0) is 24.3 Å². The zero-order chi connectivity index (χ0) is 25.8. The van der Waals surface area contributed by atoms with E-state index in [1.165, 1.54) is 17.8 Å². The van der Waals surface area contributed by atoms with Gasteiger partial charge in [-0.15, -0.1) is 0 Å². The van der Waals surface area contributed by atoms with E-state index in [-0.39, 0.29) is 17.5 Å². The van der Waals surface area contributed by atoms with E-state index in [9.17, 15) is 9.18 Å². The number of thioether (sulfide) groups is 1. The van der Waals surface area contributed by atoms with Crippen molar-refractivity contribution in [1.82, 2.24) is 14.9 Å². The summed E-state index contributed by atoms with van der Waals surface area (Å²) in [7, 11) is 0. The van der Waals surface area contributed by atoms with Gasteiger partial charge >= 0.3 is 0 Å². The molecule has 0 saturated carbocycles. The first kappa shape index (κ1) is 25.9. The summed E-state index contributed by atoms with van der Waals surface area (Å²) in [6.07, 6.45) is 0. The quantitative estimate of drug-likeness (QED) is 0.246. The van der Waals surface area contributed by atoms with Crippen molar-refractivity contribution in [2.75, 3.05) is 72.8 Å². The molecule has 0 atom stereocenters. The number of para-hydroxylation sites is 2. The molecule has 1 amide bonds. The first-order valence-corrected chi connectivity index (χ1v) is 13.9. The Kier molecular flexibility index (Phi) is 8.22. The van der Waals surface area contributed by atoms with Gasteiger partial charge in [0.15, 0.2) is 5.16 Å². The summed E-state index contributed by atoms with van der Waals surface area (Å²) >= 11 is 13.9. The number of rotatable bonds is 6. The number of halogens is 3. The minimum absolute atomic E-state index is 0.0486. The van der Waals surface area contributed by atoms with Crippen molar-refractivity contribution in [2.24, 2.45) is 0 Å². The predicted molar refractivity (Wildman–Crippen MR) is 149 cm³/mol. The van der Waals surface area contributed by atoms with Gasteiger partial charge in [0.05, 0.1) is 22.2 Å². The first-order chi connectivity index (χ1) is 18.0. The lowest BCUT2D eigenvalue weighted by atomic mass is 10.2. The number of hydrogen-bond donors (Lipinski definition) is 0. The van der Waals surface area contributed by atoms with Crippen molar-refractivity contribution in [3.05, 3.63) is 70.6 Å². The standard InChI is InChI=1S/C26H27Cl2FN6OS/c27-19-5-1-3-7-21(19)32-11-15-35(16-12-32)25(36)18-37-26-30-23(28)17-24(31-26)34-13-9-33(10-14-34)22-8-4-2-6-20(22)29/h1-8,17H,9-16,18H2. The topological polar surface area (TPSA) is 55.8 Å². The van der Waals surface area contributed by atoms with Crippen LogP contribution in [0.5, 0.6) is 0 Å². The Morgan fingerprint density at radius 3 is 2.11 bits per heavy atom. The van der Waals surface area contributed by atoms with Gasteiger partial charge in [0, 0.05) is 58.4 Å². The van der Waals surface area contributed by atoms with Crippen molar-refractivity contribution in [1.29, 1.82) is 0 Å². The molecule has 0 aliphatic carbocycles. The zero-order valence-corrected chi connectivity index (χ0v) is 22.5. The Morgan fingerprint density at radius 2 is 1.41 bits per heavy atom. The molecule has 2 aliphatic heterocycles. The predicted octanol–water partition coefficient (Wildman–Crippen LogP) is 4.69. The van der Waals surface area contributed by atoms with E-state index in [0.717, 1.165) is 29.6 Å². The Morgan fingerprint density at radius 1 is 0.811 bits per heavy atom. The monoisotopic (exact) mass is 560 g/mol. The van der Waals surface area contributed by atoms with Crippen LogP contribution in [0.4, 0.5) is 21.6 Å². The molecular formula is C26H27Cl2FN6OS. The summed E-state index contributed by atoms with van der Waals surface area (Å²) < 4.78 is 14.2. The molecule has 3 heterocycles. The summed E-state index contributed by atoms with van der Waals surface area (Å²) in [6, 6.07) is 16.3. The van der Waals surface area contributed by atoms with Crippen molar-refractivity contribution in [3.63, 3.8) is 0 Å². The fourth-order valence-corrected chi connectivity index (χ4v) is 5.86. The second kappa shape index (κ2) is 11.8. The second-order valence-electron chi connectivity index (χ2n) is 8.86. The molecule has 0 N–H and O–H groups in total. The number of aromatic nitrogens is 2. The smallest absolute Gasteiger partial charge is 0.233 e. The SMILES string of the molecule is O=C(CSc1nc(Cl)cc(N2CCN(c3ccccc3F)CC2)n1)N1CCN(c2ccccc2Cl)CC1. The Balaban J connectivity index is 1.14. The number of benzene rings is 2. The fraction of sp³-hybridized carbons (Fsp3) is 0.346. The fourth-order valence-electron chi connectivity index (χ4n) is 4.62. The number of carbonyl (C=O) groups is 1. The van der Waals surface area contributed by atoms with Gasteiger partial charge in [-0.3, -0.25) is 4.79 Å². The van der Waals surface area contributed by atoms with Crippen LogP contribution in [0.3, 0.4) is 0 Å². The van der Waals surface area contributed by atoms with Crippen LogP contribution in [-0.4, -0.2) is 78.9 Å². The number of anilines is 3. The van der Waals surface area contributed by atoms with Gasteiger partial charge in [-0.1, -0.05) is 59.2 Å². The van der Waals surface area contributed by atoms with Crippen molar-refractivity contribution in [3.8, 4) is 0 Å². The van der Waals surface area contributed by atoms with E-state index in [4.69, 9.17) is 23.2 Å². The van der Waals surface area contributed by atoms with Gasteiger partial charge in [0.25, 0.3) is 0 Å². The maximum Gasteiger partial charge on any atom is 0.233 e. The van der Waals surface area contributed by atoms with Gasteiger partial charge in [-0.2, -0.15) is 0 Å². The maximum atomic E-state index is 14.2. The molecule has 194 valence electrons. The third-order valence-electron chi connectivity index (χ3n) is 6.61. The second-order valence-corrected chi connectivity index (χ2v) is 10.6. The van der Waals surface area contributed by atoms with E-state index < -0.39 is 0 Å². The molecule has 5 rings (SSSR count). The molecule has 2 fully saturated rings. The van der Waals surface area contributed by atoms with Crippen LogP contribution >= 0.6 is 35.0 Å². The Bertz CT molecular complexity index is 1250. The minimum atomic E-state index is -0.213. The van der Waals surface area contributed by atoms with Gasteiger partial charge in [-0.25, -0.2) is 14.4 Å². The van der Waals surface area contributed by atoms with E-state index in [1.807, 2.05) is 40.1 Å². The average molecular weight is 562 g/mol. The van der Waals surface area contributed by atoms with E-state index in [2.05, 4.69) is 19.8 Å². The van der Waals surface area contributed by atoms with Crippen LogP contribution in [0.2, 0.25) is 10.2 Å². The largest absolute Gasteiger partial charge is 0.367 e. The van der Waals surface area contributed by atoms with Crippen LogP contribution in [-0.2, 0) is 4.79 Å². The molecule has 37 heavy (non-hydrogen) atoms. The molecule has 2 saturated heterocycles. The summed E-state index contributed by atoms with van der Waals surface area (Å²) in [5.41, 5.74) is 1.62. The van der Waals surface area contributed by atoms with Crippen molar-refractivity contribution < 1.29 is 9.18 Å². The van der Waals surface area contributed by atoms with E-state index >= 15 is 0 Å². The van der Waals surface area contributed by atoms with Crippen LogP contribution in [0, 0.1) is 5.82 Å². The lowest BCUT2D eigenvalue weighted by molar-refractivity contribution is -0.128. The molecule has 0 radical (unpaired) electrons. The van der Waals surface area contributed by atoms with Crippen LogP contribution < -0.4 is 14.7 Å². The van der Waals surface area contributed by atoms with E-state index in [1.54, 1.807) is 18.2 Å². The molecule has 11 heteroatoms. The highest BCUT2D eigenvalue weighted by atomic mass is 35.5. The molecule has 3 aromatic rings. The zero-order valence-electron chi connectivity index (χ0n) is 20.2. The molecular weight excluding hydrogens is 534 g/mol. The summed E-state index contributed by atoms with van der Waals surface area (Å²) in [6.45, 7) is 5.44. The van der Waals surface area contributed by atoms with Gasteiger partial charge in [0.1, 0.15) is 16.8 Å². The van der Waals surface area contributed by atoms with Crippen molar-refractivity contribution in [2.45, 2.75) is 5.16 Å². The minimum Gasteiger partial charge on any atom is -0.367 e. The molecule has 7 nitrogen and oxygen atoms in total. The highest BCUT2D eigenvalue weighted by Crippen LogP contribution is 2.27. The molecule has 1 aromatic heterocycles. The maximum absolute atomic E-state index is 14.2. The van der Waals surface area contributed by atoms with Crippen LogP contribution in [0.15, 0.2) is 59.8 Å². The normalized spacial score (nSPS) is 16.3. The molecule has 2 aromatic carbocycles. The number of amides is 1. The highest BCUT2D eigenvalue weighted by molar-refractivity contribution is 7.99. The number of carbonyl (C=O) groups excluding carboxylic acids is 1.